The van der Waals surface area contributed by atoms with E-state index in [0.717, 1.165) is 32.2 Å². The van der Waals surface area contributed by atoms with Crippen LogP contribution in [0.4, 0.5) is 5.69 Å². The largest absolute Gasteiger partial charge is 0.493 e. The molecular weight excluding hydrogens is 370 g/mol. The molecule has 2 saturated carbocycles. The molecule has 2 N–H and O–H groups in total. The molecule has 3 rings (SSSR count). The maximum atomic E-state index is 11.8. The Bertz CT molecular complexity index is 683. The SMILES string of the molecule is COc1cc(CN(CC2CCCCC2)C2CCC(N)CC2)c([N+](=O)[O-])cc1OC. The zero-order valence-electron chi connectivity index (χ0n) is 17.8. The second-order valence-electron chi connectivity index (χ2n) is 8.60. The summed E-state index contributed by atoms with van der Waals surface area (Å²) in [5.41, 5.74) is 6.92. The van der Waals surface area contributed by atoms with Gasteiger partial charge in [-0.05, 0) is 50.5 Å². The van der Waals surface area contributed by atoms with Gasteiger partial charge in [0.15, 0.2) is 11.5 Å². The van der Waals surface area contributed by atoms with Gasteiger partial charge in [-0.2, -0.15) is 0 Å². The van der Waals surface area contributed by atoms with Gasteiger partial charge in [-0.15, -0.1) is 0 Å². The number of nitrogens with two attached hydrogens (primary N) is 1. The Balaban J connectivity index is 1.86. The van der Waals surface area contributed by atoms with Crippen molar-refractivity contribution in [1.29, 1.82) is 0 Å². The molecule has 162 valence electrons. The fourth-order valence-electron chi connectivity index (χ4n) is 4.94. The quantitative estimate of drug-likeness (QED) is 0.513. The second-order valence-corrected chi connectivity index (χ2v) is 8.60. The van der Waals surface area contributed by atoms with Crippen LogP contribution in [0.3, 0.4) is 0 Å². The number of ether oxygens (including phenoxy) is 2. The van der Waals surface area contributed by atoms with Crippen LogP contribution in [0.2, 0.25) is 0 Å². The lowest BCUT2D eigenvalue weighted by molar-refractivity contribution is -0.385. The van der Waals surface area contributed by atoms with E-state index in [1.54, 1.807) is 13.2 Å². The zero-order chi connectivity index (χ0) is 20.8. The van der Waals surface area contributed by atoms with Crippen molar-refractivity contribution in [3.63, 3.8) is 0 Å². The van der Waals surface area contributed by atoms with Crippen LogP contribution in [-0.2, 0) is 6.54 Å². The lowest BCUT2D eigenvalue weighted by Gasteiger charge is -2.39. The van der Waals surface area contributed by atoms with E-state index in [0.29, 0.717) is 35.6 Å². The van der Waals surface area contributed by atoms with Crippen LogP contribution in [0.25, 0.3) is 0 Å². The third-order valence-corrected chi connectivity index (χ3v) is 6.63. The van der Waals surface area contributed by atoms with Gasteiger partial charge < -0.3 is 15.2 Å². The number of hydrogen-bond acceptors (Lipinski definition) is 6. The van der Waals surface area contributed by atoms with Crippen molar-refractivity contribution in [3.8, 4) is 11.5 Å². The molecule has 0 bridgehead atoms. The minimum atomic E-state index is -0.313. The van der Waals surface area contributed by atoms with E-state index in [9.17, 15) is 10.1 Å². The predicted octanol–water partition coefficient (Wildman–Crippen LogP) is 4.26. The Hall–Kier alpha value is -1.86. The first kappa shape index (κ1) is 21.8. The van der Waals surface area contributed by atoms with Crippen LogP contribution in [0.1, 0.15) is 63.4 Å². The molecule has 0 unspecified atom stereocenters. The fraction of sp³-hybridized carbons (Fsp3) is 0.727. The Morgan fingerprint density at radius 1 is 1.03 bits per heavy atom. The molecule has 2 aliphatic carbocycles. The van der Waals surface area contributed by atoms with Crippen LogP contribution in [0.5, 0.6) is 11.5 Å². The number of hydrogen-bond donors (Lipinski definition) is 1. The van der Waals surface area contributed by atoms with Crippen LogP contribution < -0.4 is 15.2 Å². The molecule has 0 atom stereocenters. The van der Waals surface area contributed by atoms with Crippen LogP contribution in [-0.4, -0.2) is 42.7 Å². The number of rotatable bonds is 8. The molecule has 0 aromatic heterocycles. The molecule has 0 amide bonds. The maximum Gasteiger partial charge on any atom is 0.277 e. The Kier molecular flexibility index (Phi) is 7.72. The molecule has 7 nitrogen and oxygen atoms in total. The third-order valence-electron chi connectivity index (χ3n) is 6.63. The standard InChI is InChI=1S/C22H35N3O4/c1-28-21-12-17(20(25(26)27)13-22(21)29-2)15-24(14-16-6-4-3-5-7-16)19-10-8-18(23)9-11-19/h12-13,16,18-19H,3-11,14-15,23H2,1-2H3. The number of nitrogens with zero attached hydrogens (tertiary/aromatic N) is 2. The molecular formula is C22H35N3O4. The van der Waals surface area contributed by atoms with Gasteiger partial charge in [0.1, 0.15) is 0 Å². The highest BCUT2D eigenvalue weighted by Crippen LogP contribution is 2.37. The van der Waals surface area contributed by atoms with Crippen molar-refractivity contribution in [2.75, 3.05) is 20.8 Å². The van der Waals surface area contributed by atoms with E-state index in [-0.39, 0.29) is 16.7 Å². The van der Waals surface area contributed by atoms with Crippen LogP contribution in [0, 0.1) is 16.0 Å². The number of methoxy groups -OCH3 is 2. The summed E-state index contributed by atoms with van der Waals surface area (Å²) in [5, 5.41) is 11.8. The van der Waals surface area contributed by atoms with Gasteiger partial charge in [-0.3, -0.25) is 15.0 Å². The normalized spacial score (nSPS) is 23.2. The van der Waals surface area contributed by atoms with Crippen LogP contribution >= 0.6 is 0 Å². The van der Waals surface area contributed by atoms with Gasteiger partial charge in [-0.1, -0.05) is 19.3 Å². The second kappa shape index (κ2) is 10.3. The van der Waals surface area contributed by atoms with E-state index in [1.165, 1.54) is 45.3 Å². The Morgan fingerprint density at radius 3 is 2.24 bits per heavy atom. The number of nitro benzene ring substituents is 1. The molecule has 0 spiro atoms. The minimum absolute atomic E-state index is 0.101. The molecule has 1 aromatic carbocycles. The first-order valence-electron chi connectivity index (χ1n) is 10.9. The van der Waals surface area contributed by atoms with Crippen molar-refractivity contribution in [2.24, 2.45) is 11.7 Å². The molecule has 0 heterocycles. The molecule has 1 aromatic rings. The molecule has 2 aliphatic rings. The van der Waals surface area contributed by atoms with Crippen molar-refractivity contribution in [1.82, 2.24) is 4.90 Å². The monoisotopic (exact) mass is 405 g/mol. The Morgan fingerprint density at radius 2 is 1.66 bits per heavy atom. The van der Waals surface area contributed by atoms with Gasteiger partial charge in [0.2, 0.25) is 0 Å². The highest BCUT2D eigenvalue weighted by Gasteiger charge is 2.29. The summed E-state index contributed by atoms with van der Waals surface area (Å²) in [6.07, 6.45) is 10.6. The topological polar surface area (TPSA) is 90.9 Å². The summed E-state index contributed by atoms with van der Waals surface area (Å²) >= 11 is 0. The van der Waals surface area contributed by atoms with E-state index in [1.807, 2.05) is 0 Å². The summed E-state index contributed by atoms with van der Waals surface area (Å²) in [5.74, 6) is 1.61. The van der Waals surface area contributed by atoms with Crippen LogP contribution in [0.15, 0.2) is 12.1 Å². The van der Waals surface area contributed by atoms with Gasteiger partial charge in [0.05, 0.1) is 25.2 Å². The molecule has 7 heteroatoms. The summed E-state index contributed by atoms with van der Waals surface area (Å²) in [4.78, 5) is 13.9. The van der Waals surface area contributed by atoms with Gasteiger partial charge in [0.25, 0.3) is 5.69 Å². The van der Waals surface area contributed by atoms with Gasteiger partial charge in [0, 0.05) is 30.7 Å². The van der Waals surface area contributed by atoms with Crippen molar-refractivity contribution >= 4 is 5.69 Å². The number of nitro groups is 1. The maximum absolute atomic E-state index is 11.8. The third kappa shape index (κ3) is 5.60. The Labute approximate surface area is 173 Å². The first-order chi connectivity index (χ1) is 14.0. The average molecular weight is 406 g/mol. The molecule has 2 fully saturated rings. The predicted molar refractivity (Wildman–Crippen MR) is 113 cm³/mol. The summed E-state index contributed by atoms with van der Waals surface area (Å²) in [6, 6.07) is 3.99. The van der Waals surface area contributed by atoms with Gasteiger partial charge in [-0.25, -0.2) is 0 Å². The van der Waals surface area contributed by atoms with Crippen molar-refractivity contribution < 1.29 is 14.4 Å². The minimum Gasteiger partial charge on any atom is -0.493 e. The molecule has 29 heavy (non-hydrogen) atoms. The number of benzene rings is 1. The summed E-state index contributed by atoms with van der Waals surface area (Å²) in [7, 11) is 3.07. The summed E-state index contributed by atoms with van der Waals surface area (Å²) in [6.45, 7) is 1.57. The van der Waals surface area contributed by atoms with Crippen molar-refractivity contribution in [2.45, 2.75) is 76.4 Å². The van der Waals surface area contributed by atoms with E-state index in [2.05, 4.69) is 4.90 Å². The van der Waals surface area contributed by atoms with Crippen molar-refractivity contribution in [3.05, 3.63) is 27.8 Å². The van der Waals surface area contributed by atoms with E-state index >= 15 is 0 Å². The smallest absolute Gasteiger partial charge is 0.277 e. The highest BCUT2D eigenvalue weighted by molar-refractivity contribution is 5.54. The lowest BCUT2D eigenvalue weighted by Crippen LogP contribution is -2.43. The average Bonchev–Trinajstić information content (AvgIpc) is 2.74. The highest BCUT2D eigenvalue weighted by atomic mass is 16.6. The molecule has 0 saturated heterocycles. The fourth-order valence-corrected chi connectivity index (χ4v) is 4.94. The summed E-state index contributed by atoms with van der Waals surface area (Å²) < 4.78 is 10.7. The lowest BCUT2D eigenvalue weighted by atomic mass is 9.86. The van der Waals surface area contributed by atoms with Gasteiger partial charge >= 0.3 is 0 Å². The van der Waals surface area contributed by atoms with E-state index in [4.69, 9.17) is 15.2 Å². The first-order valence-corrected chi connectivity index (χ1v) is 10.9. The molecule has 0 aliphatic heterocycles. The zero-order valence-corrected chi connectivity index (χ0v) is 17.8. The molecule has 0 radical (unpaired) electrons. The van der Waals surface area contributed by atoms with E-state index < -0.39 is 0 Å².